The van der Waals surface area contributed by atoms with Crippen LogP contribution in [0, 0.1) is 0 Å². The molecule has 1 aliphatic carbocycles. The van der Waals surface area contributed by atoms with E-state index in [1.807, 2.05) is 0 Å². The average Bonchev–Trinajstić information content (AvgIpc) is 2.86. The highest BCUT2D eigenvalue weighted by Gasteiger charge is 2.49. The molecule has 4 heteroatoms. The average molecular weight is 254 g/mol. The molecule has 3 heterocycles. The Labute approximate surface area is 111 Å². The summed E-state index contributed by atoms with van der Waals surface area (Å²) >= 11 is 5.40. The van der Waals surface area contributed by atoms with Gasteiger partial charge in [0.25, 0.3) is 0 Å². The molecule has 1 radical (unpaired) electrons. The van der Waals surface area contributed by atoms with Crippen LogP contribution in [0.15, 0.2) is 53.4 Å². The van der Waals surface area contributed by atoms with Gasteiger partial charge in [-0.15, -0.1) is 0 Å². The smallest absolute Gasteiger partial charge is 0.216 e. The zero-order chi connectivity index (χ0) is 12.3. The highest BCUT2D eigenvalue weighted by Crippen LogP contribution is 2.50. The minimum Gasteiger partial charge on any atom is -0.300 e. The predicted molar refractivity (Wildman–Crippen MR) is 74.2 cm³/mol. The number of anilines is 1. The minimum absolute atomic E-state index is 0.120. The Bertz CT molecular complexity index is 663. The van der Waals surface area contributed by atoms with Gasteiger partial charge in [0.1, 0.15) is 10.6 Å². The summed E-state index contributed by atoms with van der Waals surface area (Å²) in [5.41, 5.74) is 2.30. The molecule has 1 aromatic rings. The first-order valence-electron chi connectivity index (χ1n) is 6.03. The topological polar surface area (TPSA) is 21.1 Å². The van der Waals surface area contributed by atoms with Gasteiger partial charge in [0.05, 0.1) is 11.9 Å². The summed E-state index contributed by atoms with van der Waals surface area (Å²) < 4.78 is 2.09. The van der Waals surface area contributed by atoms with Gasteiger partial charge in [-0.2, -0.15) is 0 Å². The Kier molecular flexibility index (Phi) is 1.77. The van der Waals surface area contributed by atoms with E-state index in [4.69, 9.17) is 12.6 Å². The van der Waals surface area contributed by atoms with Crippen molar-refractivity contribution in [1.29, 1.82) is 0 Å². The van der Waals surface area contributed by atoms with E-state index in [0.717, 1.165) is 17.4 Å². The molecule has 89 valence electrons. The van der Waals surface area contributed by atoms with E-state index in [1.54, 1.807) is 6.20 Å². The first-order valence-corrected chi connectivity index (χ1v) is 6.44. The van der Waals surface area contributed by atoms with Gasteiger partial charge in [-0.25, -0.2) is 4.98 Å². The van der Waals surface area contributed by atoms with Crippen LogP contribution < -0.4 is 4.90 Å². The lowest BCUT2D eigenvalue weighted by atomic mass is 9.84. The summed E-state index contributed by atoms with van der Waals surface area (Å²) in [6.45, 7) is 2.12. The van der Waals surface area contributed by atoms with Crippen molar-refractivity contribution in [3.63, 3.8) is 0 Å². The molecule has 0 amide bonds. The fourth-order valence-electron chi connectivity index (χ4n) is 3.14. The molecule has 3 nitrogen and oxygen atoms in total. The zero-order valence-electron chi connectivity index (χ0n) is 10.00. The SMILES string of the molecule is CC1=CC=CC23CC=CC=C2n2c([S])cnc2N13. The van der Waals surface area contributed by atoms with Crippen LogP contribution in [0.4, 0.5) is 5.95 Å². The van der Waals surface area contributed by atoms with Crippen LogP contribution in [0.1, 0.15) is 13.3 Å². The van der Waals surface area contributed by atoms with Crippen molar-refractivity contribution in [2.45, 2.75) is 23.9 Å². The summed E-state index contributed by atoms with van der Waals surface area (Å²) in [5.74, 6) is 0.938. The molecule has 1 spiro atoms. The van der Waals surface area contributed by atoms with Crippen LogP contribution >= 0.6 is 12.6 Å². The maximum absolute atomic E-state index is 5.40. The van der Waals surface area contributed by atoms with Gasteiger partial charge < -0.3 is 4.90 Å². The van der Waals surface area contributed by atoms with Gasteiger partial charge in [0.15, 0.2) is 0 Å². The van der Waals surface area contributed by atoms with Gasteiger partial charge >= 0.3 is 0 Å². The fourth-order valence-corrected chi connectivity index (χ4v) is 3.37. The number of nitrogens with zero attached hydrogens (tertiary/aromatic N) is 3. The van der Waals surface area contributed by atoms with E-state index in [2.05, 4.69) is 57.8 Å². The Morgan fingerprint density at radius 2 is 2.22 bits per heavy atom. The van der Waals surface area contributed by atoms with E-state index in [0.29, 0.717) is 0 Å². The van der Waals surface area contributed by atoms with Gasteiger partial charge in [0.2, 0.25) is 5.95 Å². The Balaban J connectivity index is 2.07. The van der Waals surface area contributed by atoms with E-state index >= 15 is 0 Å². The molecule has 1 aromatic heterocycles. The van der Waals surface area contributed by atoms with E-state index in [9.17, 15) is 0 Å². The maximum Gasteiger partial charge on any atom is 0.216 e. The van der Waals surface area contributed by atoms with Crippen molar-refractivity contribution >= 4 is 24.3 Å². The molecular weight excluding hydrogens is 242 g/mol. The Morgan fingerprint density at radius 1 is 1.33 bits per heavy atom. The molecule has 0 bridgehead atoms. The number of allylic oxidation sites excluding steroid dienone is 5. The van der Waals surface area contributed by atoms with Crippen molar-refractivity contribution in [2.24, 2.45) is 0 Å². The summed E-state index contributed by atoms with van der Waals surface area (Å²) in [7, 11) is 0. The van der Waals surface area contributed by atoms with E-state index < -0.39 is 0 Å². The highest BCUT2D eigenvalue weighted by atomic mass is 32.1. The summed E-state index contributed by atoms with van der Waals surface area (Å²) in [6.07, 6.45) is 15.7. The van der Waals surface area contributed by atoms with Crippen LogP contribution in [0.5, 0.6) is 0 Å². The lowest BCUT2D eigenvalue weighted by Gasteiger charge is -2.39. The van der Waals surface area contributed by atoms with Gasteiger partial charge in [0, 0.05) is 5.70 Å². The zero-order valence-corrected chi connectivity index (χ0v) is 10.8. The third-order valence-electron chi connectivity index (χ3n) is 3.88. The lowest BCUT2D eigenvalue weighted by molar-refractivity contribution is 0.633. The number of hydrogen-bond donors (Lipinski definition) is 0. The number of rotatable bonds is 0. The van der Waals surface area contributed by atoms with Crippen molar-refractivity contribution in [3.8, 4) is 0 Å². The standard InChI is InChI=1S/C14H12N3S/c1-10-5-4-8-14-7-3-2-6-11(14)16-12(18)9-15-13(16)17(10)14/h2-6,8-9H,7H2,1H3. The molecule has 0 fully saturated rings. The monoisotopic (exact) mass is 254 g/mol. The van der Waals surface area contributed by atoms with Crippen molar-refractivity contribution in [2.75, 3.05) is 4.90 Å². The van der Waals surface area contributed by atoms with Crippen LogP contribution in [-0.4, -0.2) is 15.1 Å². The molecule has 3 aliphatic rings. The molecule has 0 saturated heterocycles. The molecule has 0 N–H and O–H groups in total. The second-order valence-electron chi connectivity index (χ2n) is 4.84. The first-order chi connectivity index (χ1) is 8.74. The van der Waals surface area contributed by atoms with Gasteiger partial charge in [-0.05, 0) is 25.5 Å². The molecule has 18 heavy (non-hydrogen) atoms. The second-order valence-corrected chi connectivity index (χ2v) is 5.26. The molecule has 4 rings (SSSR count). The van der Waals surface area contributed by atoms with Crippen LogP contribution in [0.25, 0.3) is 5.70 Å². The van der Waals surface area contributed by atoms with Crippen LogP contribution in [0.3, 0.4) is 0 Å². The normalized spacial score (nSPS) is 27.5. The lowest BCUT2D eigenvalue weighted by Crippen LogP contribution is -2.45. The van der Waals surface area contributed by atoms with E-state index in [-0.39, 0.29) is 5.54 Å². The first kappa shape index (κ1) is 10.1. The van der Waals surface area contributed by atoms with Crippen LogP contribution in [-0.2, 0) is 0 Å². The third-order valence-corrected chi connectivity index (χ3v) is 4.16. The minimum atomic E-state index is -0.120. The Morgan fingerprint density at radius 3 is 3.11 bits per heavy atom. The van der Waals surface area contributed by atoms with Crippen molar-refractivity contribution in [1.82, 2.24) is 9.55 Å². The number of imidazole rings is 1. The third kappa shape index (κ3) is 0.980. The van der Waals surface area contributed by atoms with Crippen LogP contribution in [0.2, 0.25) is 0 Å². The molecular formula is C14H12N3S. The molecule has 0 aromatic carbocycles. The molecule has 2 aliphatic heterocycles. The predicted octanol–water partition coefficient (Wildman–Crippen LogP) is 3.27. The maximum atomic E-state index is 5.40. The fraction of sp³-hybridized carbons (Fsp3) is 0.214. The van der Waals surface area contributed by atoms with E-state index in [1.165, 1.54) is 11.4 Å². The second kappa shape index (κ2) is 3.14. The molecule has 1 atom stereocenters. The number of hydrogen-bond acceptors (Lipinski definition) is 2. The van der Waals surface area contributed by atoms with Crippen molar-refractivity contribution < 1.29 is 0 Å². The number of aromatic nitrogens is 2. The summed E-state index contributed by atoms with van der Waals surface area (Å²) in [6, 6.07) is 0. The quantitative estimate of drug-likeness (QED) is 0.708. The largest absolute Gasteiger partial charge is 0.300 e. The van der Waals surface area contributed by atoms with Crippen molar-refractivity contribution in [3.05, 3.63) is 48.4 Å². The van der Waals surface area contributed by atoms with Gasteiger partial charge in [-0.3, -0.25) is 4.57 Å². The summed E-state index contributed by atoms with van der Waals surface area (Å²) in [5, 5.41) is 0.779. The summed E-state index contributed by atoms with van der Waals surface area (Å²) in [4.78, 5) is 6.78. The Hall–Kier alpha value is -1.81. The highest BCUT2D eigenvalue weighted by molar-refractivity contribution is 7.80. The molecule has 1 unspecified atom stereocenters. The molecule has 0 saturated carbocycles. The van der Waals surface area contributed by atoms with Gasteiger partial charge in [-0.1, -0.05) is 36.9 Å². The number of fused-ring (bicyclic) bond motifs is 3.